The highest BCUT2D eigenvalue weighted by atomic mass is 19.2. The maximum Gasteiger partial charge on any atom is 0.317 e. The zero-order valence-electron chi connectivity index (χ0n) is 8.67. The minimum Gasteiger partial charge on any atom is -0.480 e. The summed E-state index contributed by atoms with van der Waals surface area (Å²) in [5.41, 5.74) is 0.103. The normalized spacial score (nSPS) is 10.0. The van der Waals surface area contributed by atoms with E-state index in [0.29, 0.717) is 0 Å². The van der Waals surface area contributed by atoms with Gasteiger partial charge in [0.1, 0.15) is 0 Å². The summed E-state index contributed by atoms with van der Waals surface area (Å²) >= 11 is 0. The average Bonchev–Trinajstić information content (AvgIpc) is 2.23. The molecule has 0 bridgehead atoms. The molecule has 5 nitrogen and oxygen atoms in total. The lowest BCUT2D eigenvalue weighted by atomic mass is 10.3. The van der Waals surface area contributed by atoms with E-state index in [1.54, 1.807) is 0 Å². The highest BCUT2D eigenvalue weighted by molar-refractivity contribution is 5.92. The Bertz CT molecular complexity index is 438. The topological polar surface area (TPSA) is 78.4 Å². The lowest BCUT2D eigenvalue weighted by molar-refractivity contribution is -0.135. The van der Waals surface area contributed by atoms with Gasteiger partial charge in [-0.05, 0) is 12.1 Å². The molecule has 0 heterocycles. The molecular weight excluding hydrogens is 234 g/mol. The second-order valence-electron chi connectivity index (χ2n) is 3.17. The molecule has 0 aliphatic rings. The van der Waals surface area contributed by atoms with Crippen molar-refractivity contribution in [1.82, 2.24) is 5.32 Å². The van der Waals surface area contributed by atoms with Crippen LogP contribution >= 0.6 is 0 Å². The van der Waals surface area contributed by atoms with Gasteiger partial charge in [-0.15, -0.1) is 0 Å². The number of carbonyl (C=O) groups is 2. The van der Waals surface area contributed by atoms with Crippen LogP contribution in [0.15, 0.2) is 18.2 Å². The summed E-state index contributed by atoms with van der Waals surface area (Å²) in [6, 6.07) is 2.92. The van der Waals surface area contributed by atoms with Gasteiger partial charge in [0, 0.05) is 11.8 Å². The summed E-state index contributed by atoms with van der Waals surface area (Å²) in [6.07, 6.45) is 0. The number of amides is 1. The molecule has 1 aromatic carbocycles. The van der Waals surface area contributed by atoms with Crippen LogP contribution in [0.4, 0.5) is 14.5 Å². The van der Waals surface area contributed by atoms with Crippen LogP contribution < -0.4 is 10.6 Å². The zero-order valence-corrected chi connectivity index (χ0v) is 8.67. The summed E-state index contributed by atoms with van der Waals surface area (Å²) in [7, 11) is 0. The molecule has 3 N–H and O–H groups in total. The molecule has 0 aliphatic heterocycles. The SMILES string of the molecule is O=C(O)CNCC(=O)Nc1ccc(F)c(F)c1. The maximum atomic E-state index is 12.8. The number of carboxylic acids is 1. The van der Waals surface area contributed by atoms with Crippen molar-refractivity contribution in [2.75, 3.05) is 18.4 Å². The van der Waals surface area contributed by atoms with Crippen molar-refractivity contribution in [3.8, 4) is 0 Å². The van der Waals surface area contributed by atoms with Gasteiger partial charge in [-0.3, -0.25) is 14.9 Å². The number of carboxylic acid groups (broad SMARTS) is 1. The van der Waals surface area contributed by atoms with Crippen molar-refractivity contribution >= 4 is 17.6 Å². The Morgan fingerprint density at radius 2 is 1.88 bits per heavy atom. The molecule has 0 aliphatic carbocycles. The summed E-state index contributed by atoms with van der Waals surface area (Å²) in [6.45, 7) is -0.587. The largest absolute Gasteiger partial charge is 0.480 e. The fourth-order valence-electron chi connectivity index (χ4n) is 1.06. The molecule has 1 amide bonds. The third-order valence-corrected chi connectivity index (χ3v) is 1.77. The minimum absolute atomic E-state index is 0.103. The monoisotopic (exact) mass is 244 g/mol. The fraction of sp³-hybridized carbons (Fsp3) is 0.200. The van der Waals surface area contributed by atoms with Crippen molar-refractivity contribution in [2.45, 2.75) is 0 Å². The van der Waals surface area contributed by atoms with Crippen LogP contribution in [-0.2, 0) is 9.59 Å². The Hall–Kier alpha value is -2.02. The standard InChI is InChI=1S/C10H10F2N2O3/c11-7-2-1-6(3-8(7)12)14-9(15)4-13-5-10(16)17/h1-3,13H,4-5H2,(H,14,15)(H,16,17). The smallest absolute Gasteiger partial charge is 0.317 e. The quantitative estimate of drug-likeness (QED) is 0.707. The second kappa shape index (κ2) is 5.90. The van der Waals surface area contributed by atoms with Gasteiger partial charge in [-0.2, -0.15) is 0 Å². The molecule has 0 radical (unpaired) electrons. The second-order valence-corrected chi connectivity index (χ2v) is 3.17. The van der Waals surface area contributed by atoms with Crippen LogP contribution in [0.5, 0.6) is 0 Å². The zero-order chi connectivity index (χ0) is 12.8. The highest BCUT2D eigenvalue weighted by Gasteiger charge is 2.06. The summed E-state index contributed by atoms with van der Waals surface area (Å²) in [5, 5.41) is 12.9. The first-order valence-electron chi connectivity index (χ1n) is 4.66. The molecule has 1 rings (SSSR count). The highest BCUT2D eigenvalue weighted by Crippen LogP contribution is 2.12. The molecule has 0 saturated heterocycles. The fourth-order valence-corrected chi connectivity index (χ4v) is 1.06. The van der Waals surface area contributed by atoms with E-state index in [9.17, 15) is 18.4 Å². The molecule has 0 atom stereocenters. The van der Waals surface area contributed by atoms with Gasteiger partial charge < -0.3 is 10.4 Å². The summed E-state index contributed by atoms with van der Waals surface area (Å²) in [5.74, 6) is -3.71. The van der Waals surface area contributed by atoms with Crippen molar-refractivity contribution in [1.29, 1.82) is 0 Å². The van der Waals surface area contributed by atoms with Crippen molar-refractivity contribution in [3.63, 3.8) is 0 Å². The summed E-state index contributed by atoms with van der Waals surface area (Å²) < 4.78 is 25.3. The number of hydrogen-bond donors (Lipinski definition) is 3. The van der Waals surface area contributed by atoms with Crippen LogP contribution in [0.2, 0.25) is 0 Å². The summed E-state index contributed by atoms with van der Waals surface area (Å²) in [4.78, 5) is 21.3. The number of halogens is 2. The first-order chi connectivity index (χ1) is 7.99. The molecule has 0 saturated carbocycles. The van der Waals surface area contributed by atoms with E-state index in [-0.39, 0.29) is 18.8 Å². The van der Waals surface area contributed by atoms with E-state index < -0.39 is 23.5 Å². The number of rotatable bonds is 5. The van der Waals surface area contributed by atoms with Crippen LogP contribution in [-0.4, -0.2) is 30.1 Å². The van der Waals surface area contributed by atoms with E-state index in [1.807, 2.05) is 0 Å². The number of benzene rings is 1. The molecule has 0 spiro atoms. The Morgan fingerprint density at radius 3 is 2.47 bits per heavy atom. The van der Waals surface area contributed by atoms with Gasteiger partial charge in [-0.1, -0.05) is 0 Å². The lowest BCUT2D eigenvalue weighted by Crippen LogP contribution is -2.31. The predicted molar refractivity (Wildman–Crippen MR) is 55.5 cm³/mol. The van der Waals surface area contributed by atoms with Crippen LogP contribution in [0, 0.1) is 11.6 Å². The first kappa shape index (κ1) is 13.0. The number of nitrogens with one attached hydrogen (secondary N) is 2. The Balaban J connectivity index is 2.45. The maximum absolute atomic E-state index is 12.8. The van der Waals surface area contributed by atoms with Crippen molar-refractivity contribution < 1.29 is 23.5 Å². The molecule has 17 heavy (non-hydrogen) atoms. The molecule has 7 heteroatoms. The molecule has 0 aromatic heterocycles. The molecule has 0 fully saturated rings. The van der Waals surface area contributed by atoms with Crippen molar-refractivity contribution in [2.24, 2.45) is 0 Å². The Kier molecular flexibility index (Phi) is 4.53. The third-order valence-electron chi connectivity index (χ3n) is 1.77. The number of carbonyl (C=O) groups excluding carboxylic acids is 1. The Morgan fingerprint density at radius 1 is 1.18 bits per heavy atom. The number of aliphatic carboxylic acids is 1. The van der Waals surface area contributed by atoms with Crippen molar-refractivity contribution in [3.05, 3.63) is 29.8 Å². The molecule has 1 aromatic rings. The van der Waals surface area contributed by atoms with Gasteiger partial charge >= 0.3 is 5.97 Å². The predicted octanol–water partition coefficient (Wildman–Crippen LogP) is 0.577. The molecule has 0 unspecified atom stereocenters. The minimum atomic E-state index is -1.09. The molecule has 92 valence electrons. The van der Waals surface area contributed by atoms with E-state index >= 15 is 0 Å². The number of anilines is 1. The van der Waals surface area contributed by atoms with Gasteiger partial charge in [-0.25, -0.2) is 8.78 Å². The number of hydrogen-bond acceptors (Lipinski definition) is 3. The van der Waals surface area contributed by atoms with Crippen LogP contribution in [0.3, 0.4) is 0 Å². The van der Waals surface area contributed by atoms with Gasteiger partial charge in [0.25, 0.3) is 0 Å². The van der Waals surface area contributed by atoms with E-state index in [1.165, 1.54) is 6.07 Å². The average molecular weight is 244 g/mol. The third kappa shape index (κ3) is 4.56. The lowest BCUT2D eigenvalue weighted by Gasteiger charge is -2.05. The van der Waals surface area contributed by atoms with Gasteiger partial charge in [0.2, 0.25) is 5.91 Å². The van der Waals surface area contributed by atoms with E-state index in [2.05, 4.69) is 10.6 Å². The Labute approximate surface area is 95.4 Å². The van der Waals surface area contributed by atoms with Crippen LogP contribution in [0.1, 0.15) is 0 Å². The van der Waals surface area contributed by atoms with Gasteiger partial charge in [0.05, 0.1) is 13.1 Å². The van der Waals surface area contributed by atoms with E-state index in [4.69, 9.17) is 5.11 Å². The first-order valence-corrected chi connectivity index (χ1v) is 4.66. The van der Waals surface area contributed by atoms with Crippen LogP contribution in [0.25, 0.3) is 0 Å². The molecular formula is C10H10F2N2O3. The van der Waals surface area contributed by atoms with Gasteiger partial charge in [0.15, 0.2) is 11.6 Å². The van der Waals surface area contributed by atoms with E-state index in [0.717, 1.165) is 12.1 Å².